The van der Waals surface area contributed by atoms with Gasteiger partial charge in [0.1, 0.15) is 4.21 Å². The van der Waals surface area contributed by atoms with Gasteiger partial charge in [0.05, 0.1) is 9.83 Å². The zero-order valence-electron chi connectivity index (χ0n) is 12.0. The quantitative estimate of drug-likeness (QED) is 0.672. The Hall–Kier alpha value is -1.47. The minimum Gasteiger partial charge on any atom is -0.206 e. The van der Waals surface area contributed by atoms with E-state index in [9.17, 15) is 8.42 Å². The summed E-state index contributed by atoms with van der Waals surface area (Å²) in [5, 5.41) is 0. The Morgan fingerprint density at radius 3 is 1.78 bits per heavy atom. The molecule has 0 fully saturated rings. The summed E-state index contributed by atoms with van der Waals surface area (Å²) in [7, 11) is -3.60. The molecule has 6 heteroatoms. The van der Waals surface area contributed by atoms with E-state index in [0.717, 1.165) is 14.9 Å². The van der Waals surface area contributed by atoms with Crippen LogP contribution in [0.1, 0.15) is 17.2 Å². The molecule has 0 saturated carbocycles. The minimum atomic E-state index is -3.60. The molecule has 2 aromatic carbocycles. The van der Waals surface area contributed by atoms with Crippen molar-refractivity contribution in [3.05, 3.63) is 87.7 Å². The van der Waals surface area contributed by atoms with Crippen molar-refractivity contribution in [1.82, 2.24) is 4.72 Å². The summed E-state index contributed by atoms with van der Waals surface area (Å²) in [6.45, 7) is 0. The predicted octanol–water partition coefficient (Wildman–Crippen LogP) is 4.58. The summed E-state index contributed by atoms with van der Waals surface area (Å²) in [6.07, 6.45) is 0. The second kappa shape index (κ2) is 6.97. The van der Waals surface area contributed by atoms with Crippen molar-refractivity contribution in [2.24, 2.45) is 0 Å². The third-order valence-electron chi connectivity index (χ3n) is 3.35. The molecule has 0 atom stereocenters. The maximum absolute atomic E-state index is 12.7. The van der Waals surface area contributed by atoms with Crippen LogP contribution in [0.4, 0.5) is 0 Å². The van der Waals surface area contributed by atoms with E-state index in [2.05, 4.69) is 20.7 Å². The lowest BCUT2D eigenvalue weighted by Gasteiger charge is -2.19. The van der Waals surface area contributed by atoms with E-state index in [4.69, 9.17) is 0 Å². The largest absolute Gasteiger partial charge is 0.250 e. The molecule has 1 heterocycles. The van der Waals surface area contributed by atoms with Gasteiger partial charge in [-0.3, -0.25) is 0 Å². The van der Waals surface area contributed by atoms with E-state index in [1.165, 1.54) is 11.3 Å². The summed E-state index contributed by atoms with van der Waals surface area (Å²) in [5.41, 5.74) is 1.80. The third-order valence-corrected chi connectivity index (χ3v) is 6.89. The molecular weight excluding hydrogens is 394 g/mol. The molecule has 0 radical (unpaired) electrons. The maximum atomic E-state index is 12.7. The molecule has 118 valence electrons. The van der Waals surface area contributed by atoms with Gasteiger partial charge < -0.3 is 0 Å². The monoisotopic (exact) mass is 407 g/mol. The third kappa shape index (κ3) is 3.90. The topological polar surface area (TPSA) is 46.2 Å². The number of hydrogen-bond donors (Lipinski definition) is 1. The molecule has 23 heavy (non-hydrogen) atoms. The highest BCUT2D eigenvalue weighted by Crippen LogP contribution is 2.29. The molecule has 1 N–H and O–H groups in total. The van der Waals surface area contributed by atoms with Crippen molar-refractivity contribution in [3.8, 4) is 0 Å². The summed E-state index contributed by atoms with van der Waals surface area (Å²) in [4.78, 5) is 0. The van der Waals surface area contributed by atoms with Gasteiger partial charge in [0.25, 0.3) is 10.0 Å². The number of thiophene rings is 1. The van der Waals surface area contributed by atoms with Crippen LogP contribution in [0.15, 0.2) is 80.8 Å². The first-order valence-corrected chi connectivity index (χ1v) is 10.0. The first-order valence-electron chi connectivity index (χ1n) is 6.94. The van der Waals surface area contributed by atoms with Crippen LogP contribution in [0.5, 0.6) is 0 Å². The molecule has 0 unspecified atom stereocenters. The molecule has 0 aliphatic heterocycles. The van der Waals surface area contributed by atoms with Gasteiger partial charge in [-0.2, -0.15) is 4.72 Å². The molecule has 0 saturated heterocycles. The number of halogens is 1. The number of benzene rings is 2. The Bertz CT molecular complexity index is 838. The Morgan fingerprint density at radius 2 is 1.35 bits per heavy atom. The van der Waals surface area contributed by atoms with Crippen LogP contribution in [-0.2, 0) is 10.0 Å². The summed E-state index contributed by atoms with van der Waals surface area (Å²) >= 11 is 4.50. The predicted molar refractivity (Wildman–Crippen MR) is 97.1 cm³/mol. The van der Waals surface area contributed by atoms with Gasteiger partial charge in [-0.25, -0.2) is 8.42 Å². The van der Waals surface area contributed by atoms with E-state index < -0.39 is 16.1 Å². The second-order valence-corrected chi connectivity index (χ2v) is 9.34. The summed E-state index contributed by atoms with van der Waals surface area (Å²) in [6, 6.07) is 22.0. The Morgan fingerprint density at radius 1 is 0.826 bits per heavy atom. The van der Waals surface area contributed by atoms with E-state index in [1.807, 2.05) is 60.7 Å². The van der Waals surface area contributed by atoms with E-state index >= 15 is 0 Å². The molecular formula is C17H14BrNO2S2. The highest BCUT2D eigenvalue weighted by molar-refractivity contribution is 9.11. The molecule has 1 aromatic heterocycles. The van der Waals surface area contributed by atoms with Crippen LogP contribution in [0, 0.1) is 0 Å². The van der Waals surface area contributed by atoms with Crippen molar-refractivity contribution in [1.29, 1.82) is 0 Å². The van der Waals surface area contributed by atoms with Crippen molar-refractivity contribution >= 4 is 37.3 Å². The number of nitrogens with one attached hydrogen (secondary N) is 1. The van der Waals surface area contributed by atoms with Crippen LogP contribution in [-0.4, -0.2) is 8.42 Å². The normalized spacial score (nSPS) is 11.7. The molecule has 3 nitrogen and oxygen atoms in total. The lowest BCUT2D eigenvalue weighted by Crippen LogP contribution is -2.28. The van der Waals surface area contributed by atoms with Crippen LogP contribution < -0.4 is 4.72 Å². The SMILES string of the molecule is O=S(=O)(NC(c1ccccc1)c1ccccc1)c1ccc(Br)s1. The van der Waals surface area contributed by atoms with Crippen LogP contribution in [0.3, 0.4) is 0 Å². The first-order chi connectivity index (χ1) is 11.1. The Balaban J connectivity index is 2.00. The highest BCUT2D eigenvalue weighted by atomic mass is 79.9. The molecule has 0 bridgehead atoms. The summed E-state index contributed by atoms with van der Waals surface area (Å²) < 4.78 is 29.3. The molecule has 0 aliphatic carbocycles. The van der Waals surface area contributed by atoms with Crippen LogP contribution in [0.2, 0.25) is 0 Å². The second-order valence-electron chi connectivity index (χ2n) is 4.93. The van der Waals surface area contributed by atoms with Gasteiger partial charge >= 0.3 is 0 Å². The van der Waals surface area contributed by atoms with Gasteiger partial charge in [-0.15, -0.1) is 11.3 Å². The van der Waals surface area contributed by atoms with Crippen molar-refractivity contribution in [3.63, 3.8) is 0 Å². The van der Waals surface area contributed by atoms with E-state index in [0.29, 0.717) is 4.21 Å². The zero-order valence-corrected chi connectivity index (χ0v) is 15.2. The fourth-order valence-electron chi connectivity index (χ4n) is 2.27. The van der Waals surface area contributed by atoms with Crippen LogP contribution >= 0.6 is 27.3 Å². The lowest BCUT2D eigenvalue weighted by molar-refractivity contribution is 0.574. The average Bonchev–Trinajstić information content (AvgIpc) is 3.02. The van der Waals surface area contributed by atoms with Gasteiger partial charge in [0.2, 0.25) is 0 Å². The standard InChI is InChI=1S/C17H14BrNO2S2/c18-15-11-12-16(22-15)23(20,21)19-17(13-7-3-1-4-8-13)14-9-5-2-6-10-14/h1-12,17,19H. The minimum absolute atomic E-state index is 0.293. The van der Waals surface area contributed by atoms with E-state index in [1.54, 1.807) is 12.1 Å². The fourth-order valence-corrected chi connectivity index (χ4v) is 5.51. The van der Waals surface area contributed by atoms with Gasteiger partial charge in [-0.05, 0) is 39.2 Å². The van der Waals surface area contributed by atoms with E-state index in [-0.39, 0.29) is 0 Å². The zero-order chi connectivity index (χ0) is 16.3. The van der Waals surface area contributed by atoms with Gasteiger partial charge in [-0.1, -0.05) is 60.7 Å². The van der Waals surface area contributed by atoms with Crippen LogP contribution in [0.25, 0.3) is 0 Å². The number of rotatable bonds is 5. The molecule has 3 aromatic rings. The Kier molecular flexibility index (Phi) is 4.96. The lowest BCUT2D eigenvalue weighted by atomic mass is 10.00. The number of sulfonamides is 1. The van der Waals surface area contributed by atoms with Crippen molar-refractivity contribution in [2.75, 3.05) is 0 Å². The van der Waals surface area contributed by atoms with Crippen molar-refractivity contribution in [2.45, 2.75) is 10.3 Å². The van der Waals surface area contributed by atoms with Crippen molar-refractivity contribution < 1.29 is 8.42 Å². The highest BCUT2D eigenvalue weighted by Gasteiger charge is 2.24. The maximum Gasteiger partial charge on any atom is 0.250 e. The van der Waals surface area contributed by atoms with Gasteiger partial charge in [0, 0.05) is 0 Å². The Labute approximate surface area is 148 Å². The summed E-state index contributed by atoms with van der Waals surface area (Å²) in [5.74, 6) is 0. The molecule has 3 rings (SSSR count). The molecule has 0 spiro atoms. The first kappa shape index (κ1) is 16.4. The van der Waals surface area contributed by atoms with Gasteiger partial charge in [0.15, 0.2) is 0 Å². The fraction of sp³-hybridized carbons (Fsp3) is 0.0588. The molecule has 0 aliphatic rings. The smallest absolute Gasteiger partial charge is 0.206 e. The average molecular weight is 408 g/mol. The number of hydrogen-bond acceptors (Lipinski definition) is 3. The molecule has 0 amide bonds.